The van der Waals surface area contributed by atoms with Gasteiger partial charge in [-0.3, -0.25) is 14.5 Å². The molecule has 0 aromatic heterocycles. The molecular weight excluding hydrogens is 446 g/mol. The Labute approximate surface area is 197 Å². The number of rotatable bonds is 11. The Morgan fingerprint density at radius 2 is 1.94 bits per heavy atom. The van der Waals surface area contributed by atoms with E-state index >= 15 is 0 Å². The van der Waals surface area contributed by atoms with Gasteiger partial charge < -0.3 is 14.6 Å². The zero-order valence-electron chi connectivity index (χ0n) is 17.8. The van der Waals surface area contributed by atoms with Crippen LogP contribution in [-0.4, -0.2) is 46.0 Å². The predicted molar refractivity (Wildman–Crippen MR) is 130 cm³/mol. The number of nitrogens with zero attached hydrogens (tertiary/aromatic N) is 1. The van der Waals surface area contributed by atoms with E-state index in [-0.39, 0.29) is 12.3 Å². The number of thiocarbonyl (C=S) groups is 1. The minimum atomic E-state index is -0.888. The zero-order valence-corrected chi connectivity index (χ0v) is 19.4. The Bertz CT molecular complexity index is 1010. The summed E-state index contributed by atoms with van der Waals surface area (Å²) in [5.41, 5.74) is 2.00. The molecule has 0 aliphatic carbocycles. The molecule has 0 saturated carbocycles. The van der Waals surface area contributed by atoms with E-state index in [1.165, 1.54) is 22.2 Å². The maximum Gasteiger partial charge on any atom is 0.303 e. The number of carbonyl (C=O) groups excluding carboxylic acids is 1. The Morgan fingerprint density at radius 1 is 1.16 bits per heavy atom. The molecule has 1 aliphatic rings. The summed E-state index contributed by atoms with van der Waals surface area (Å²) < 4.78 is 12.1. The summed E-state index contributed by atoms with van der Waals surface area (Å²) in [6, 6.07) is 15.7. The number of ether oxygens (including phenoxy) is 2. The van der Waals surface area contributed by atoms with Crippen LogP contribution in [0.4, 0.5) is 0 Å². The molecule has 2 aromatic rings. The van der Waals surface area contributed by atoms with E-state index in [0.717, 1.165) is 12.0 Å². The molecule has 0 spiro atoms. The third-order valence-electron chi connectivity index (χ3n) is 4.70. The van der Waals surface area contributed by atoms with Crippen molar-refractivity contribution in [1.82, 2.24) is 4.90 Å². The van der Waals surface area contributed by atoms with Gasteiger partial charge in [-0.25, -0.2) is 0 Å². The lowest BCUT2D eigenvalue weighted by molar-refractivity contribution is -0.137. The van der Waals surface area contributed by atoms with Crippen molar-refractivity contribution in [1.29, 1.82) is 0 Å². The molecule has 1 N–H and O–H groups in total. The largest absolute Gasteiger partial charge is 0.490 e. The summed E-state index contributed by atoms with van der Waals surface area (Å²) in [6.07, 6.45) is 2.92. The van der Waals surface area contributed by atoms with Gasteiger partial charge in [0.2, 0.25) is 0 Å². The SMILES string of the molecule is CCOc1cc(/C=C2\SC(=S)N(CCCC(=O)O)C2=O)ccc1OCCc1ccccc1. The first kappa shape index (κ1) is 23.8. The molecule has 1 heterocycles. The third kappa shape index (κ3) is 6.58. The molecular formula is C24H25NO5S2. The van der Waals surface area contributed by atoms with Gasteiger partial charge in [-0.1, -0.05) is 60.4 Å². The van der Waals surface area contributed by atoms with Gasteiger partial charge in [0, 0.05) is 19.4 Å². The van der Waals surface area contributed by atoms with Crippen molar-refractivity contribution in [2.24, 2.45) is 0 Å². The first-order valence-electron chi connectivity index (χ1n) is 10.4. The predicted octanol–water partition coefficient (Wildman–Crippen LogP) is 4.77. The molecule has 1 amide bonds. The van der Waals surface area contributed by atoms with Crippen molar-refractivity contribution < 1.29 is 24.2 Å². The first-order chi connectivity index (χ1) is 15.5. The van der Waals surface area contributed by atoms with Crippen LogP contribution in [0.3, 0.4) is 0 Å². The van der Waals surface area contributed by atoms with Gasteiger partial charge in [-0.15, -0.1) is 0 Å². The van der Waals surface area contributed by atoms with E-state index in [2.05, 4.69) is 12.1 Å². The Morgan fingerprint density at radius 3 is 2.66 bits per heavy atom. The van der Waals surface area contributed by atoms with Crippen LogP contribution in [0.15, 0.2) is 53.4 Å². The lowest BCUT2D eigenvalue weighted by Crippen LogP contribution is -2.29. The highest BCUT2D eigenvalue weighted by molar-refractivity contribution is 8.26. The molecule has 0 atom stereocenters. The highest BCUT2D eigenvalue weighted by atomic mass is 32.2. The van der Waals surface area contributed by atoms with Crippen molar-refractivity contribution in [2.75, 3.05) is 19.8 Å². The Kier molecular flexibility index (Phi) is 8.70. The summed E-state index contributed by atoms with van der Waals surface area (Å²) >= 11 is 6.52. The fraction of sp³-hybridized carbons (Fsp3) is 0.292. The number of hydrogen-bond acceptors (Lipinski definition) is 6. The second kappa shape index (κ2) is 11.7. The number of thioether (sulfide) groups is 1. The lowest BCUT2D eigenvalue weighted by Gasteiger charge is -2.13. The summed E-state index contributed by atoms with van der Waals surface area (Å²) in [5, 5.41) is 8.80. The van der Waals surface area contributed by atoms with E-state index in [1.807, 2.05) is 43.3 Å². The van der Waals surface area contributed by atoms with E-state index < -0.39 is 5.97 Å². The number of benzene rings is 2. The first-order valence-corrected chi connectivity index (χ1v) is 11.6. The average Bonchev–Trinajstić information content (AvgIpc) is 3.03. The quantitative estimate of drug-likeness (QED) is 0.374. The van der Waals surface area contributed by atoms with Crippen molar-refractivity contribution in [3.8, 4) is 11.5 Å². The fourth-order valence-corrected chi connectivity index (χ4v) is 4.47. The van der Waals surface area contributed by atoms with E-state index in [1.54, 1.807) is 6.08 Å². The maximum absolute atomic E-state index is 12.7. The maximum atomic E-state index is 12.7. The lowest BCUT2D eigenvalue weighted by atomic mass is 10.1. The minimum Gasteiger partial charge on any atom is -0.490 e. The van der Waals surface area contributed by atoms with Crippen LogP contribution in [0.2, 0.25) is 0 Å². The van der Waals surface area contributed by atoms with Crippen LogP contribution in [0, 0.1) is 0 Å². The molecule has 0 unspecified atom stereocenters. The van der Waals surface area contributed by atoms with Gasteiger partial charge >= 0.3 is 5.97 Å². The summed E-state index contributed by atoms with van der Waals surface area (Å²) in [5.74, 6) is 0.180. The molecule has 0 bridgehead atoms. The van der Waals surface area contributed by atoms with Crippen molar-refractivity contribution >= 4 is 46.3 Å². The van der Waals surface area contributed by atoms with E-state index in [4.69, 9.17) is 26.8 Å². The molecule has 1 aliphatic heterocycles. The number of hydrogen-bond donors (Lipinski definition) is 1. The number of aliphatic carboxylic acids is 1. The van der Waals surface area contributed by atoms with Gasteiger partial charge in [0.05, 0.1) is 18.1 Å². The molecule has 32 heavy (non-hydrogen) atoms. The molecule has 3 rings (SSSR count). The van der Waals surface area contributed by atoms with Crippen LogP contribution in [-0.2, 0) is 16.0 Å². The van der Waals surface area contributed by atoms with Gasteiger partial charge in [0.1, 0.15) is 4.32 Å². The summed E-state index contributed by atoms with van der Waals surface area (Å²) in [6.45, 7) is 3.22. The molecule has 0 radical (unpaired) electrons. The molecule has 1 saturated heterocycles. The van der Waals surface area contributed by atoms with Gasteiger partial charge in [-0.05, 0) is 42.7 Å². The standard InChI is InChI=1S/C24H25NO5S2/c1-2-29-20-15-18(10-11-19(20)30-14-12-17-7-4-3-5-8-17)16-21-23(28)25(24(31)32-21)13-6-9-22(26)27/h3-5,7-8,10-11,15-16H,2,6,9,12-14H2,1H3,(H,26,27)/b21-16-. The van der Waals surface area contributed by atoms with Crippen LogP contribution in [0.25, 0.3) is 6.08 Å². The summed E-state index contributed by atoms with van der Waals surface area (Å²) in [7, 11) is 0. The average molecular weight is 472 g/mol. The van der Waals surface area contributed by atoms with Crippen molar-refractivity contribution in [3.05, 3.63) is 64.6 Å². The molecule has 1 fully saturated rings. The zero-order chi connectivity index (χ0) is 22.9. The number of carboxylic acids is 1. The molecule has 8 heteroatoms. The molecule has 6 nitrogen and oxygen atoms in total. The van der Waals surface area contributed by atoms with E-state index in [9.17, 15) is 9.59 Å². The van der Waals surface area contributed by atoms with Gasteiger partial charge in [-0.2, -0.15) is 0 Å². The summed E-state index contributed by atoms with van der Waals surface area (Å²) in [4.78, 5) is 25.4. The van der Waals surface area contributed by atoms with Crippen LogP contribution in [0.1, 0.15) is 30.9 Å². The minimum absolute atomic E-state index is 0.000438. The topological polar surface area (TPSA) is 76.1 Å². The molecule has 168 valence electrons. The van der Waals surface area contributed by atoms with Crippen LogP contribution in [0.5, 0.6) is 11.5 Å². The number of carbonyl (C=O) groups is 2. The van der Waals surface area contributed by atoms with Gasteiger partial charge in [0.25, 0.3) is 5.91 Å². The highest BCUT2D eigenvalue weighted by Crippen LogP contribution is 2.35. The number of amides is 1. The van der Waals surface area contributed by atoms with Crippen molar-refractivity contribution in [3.63, 3.8) is 0 Å². The monoisotopic (exact) mass is 471 g/mol. The number of carboxylic acid groups (broad SMARTS) is 1. The van der Waals surface area contributed by atoms with E-state index in [0.29, 0.717) is 46.9 Å². The third-order valence-corrected chi connectivity index (χ3v) is 6.08. The Hall–Kier alpha value is -2.84. The van der Waals surface area contributed by atoms with Crippen molar-refractivity contribution in [2.45, 2.75) is 26.2 Å². The van der Waals surface area contributed by atoms with Gasteiger partial charge in [0.15, 0.2) is 11.5 Å². The van der Waals surface area contributed by atoms with Crippen LogP contribution >= 0.6 is 24.0 Å². The second-order valence-corrected chi connectivity index (χ2v) is 8.73. The molecule has 2 aromatic carbocycles. The Balaban J connectivity index is 1.67. The second-order valence-electron chi connectivity index (χ2n) is 7.05. The smallest absolute Gasteiger partial charge is 0.303 e. The normalized spacial score (nSPS) is 14.8. The fourth-order valence-electron chi connectivity index (χ4n) is 3.16. The highest BCUT2D eigenvalue weighted by Gasteiger charge is 2.31. The van der Waals surface area contributed by atoms with Crippen LogP contribution < -0.4 is 9.47 Å².